The lowest BCUT2D eigenvalue weighted by Gasteiger charge is -2.34. The Morgan fingerprint density at radius 2 is 2.14 bits per heavy atom. The molecule has 0 radical (unpaired) electrons. The fourth-order valence-corrected chi connectivity index (χ4v) is 4.10. The van der Waals surface area contributed by atoms with Gasteiger partial charge in [-0.15, -0.1) is 11.3 Å². The van der Waals surface area contributed by atoms with Gasteiger partial charge in [0.25, 0.3) is 0 Å². The first-order valence-corrected chi connectivity index (χ1v) is 10.3. The third-order valence-electron chi connectivity index (χ3n) is 4.54. The second kappa shape index (κ2) is 9.45. The zero-order valence-electron chi connectivity index (χ0n) is 16.4. The van der Waals surface area contributed by atoms with Crippen molar-refractivity contribution in [2.24, 2.45) is 0 Å². The summed E-state index contributed by atoms with van der Waals surface area (Å²) in [6.07, 6.45) is 1.14. The van der Waals surface area contributed by atoms with Crippen LogP contribution in [0.15, 0.2) is 23.6 Å². The number of hydrogen-bond acceptors (Lipinski definition) is 6. The third kappa shape index (κ3) is 5.73. The highest BCUT2D eigenvalue weighted by Gasteiger charge is 2.22. The van der Waals surface area contributed by atoms with E-state index in [-0.39, 0.29) is 30.3 Å². The zero-order valence-corrected chi connectivity index (χ0v) is 17.2. The molecule has 1 aliphatic heterocycles. The molecular weight excluding hydrogens is 381 g/mol. The molecule has 0 aliphatic carbocycles. The van der Waals surface area contributed by atoms with Crippen LogP contribution < -0.4 is 10.1 Å². The molecule has 8 heteroatoms. The minimum absolute atomic E-state index is 0.134. The maximum Gasteiger partial charge on any atom is 0.226 e. The van der Waals surface area contributed by atoms with E-state index >= 15 is 0 Å². The molecule has 1 aliphatic rings. The fraction of sp³-hybridized carbons (Fsp3) is 0.500. The van der Waals surface area contributed by atoms with E-state index in [9.17, 15) is 9.18 Å². The maximum absolute atomic E-state index is 13.7. The quantitative estimate of drug-likeness (QED) is 0.761. The van der Waals surface area contributed by atoms with Gasteiger partial charge >= 0.3 is 0 Å². The lowest BCUT2D eigenvalue weighted by atomic mass is 10.1. The number of morpholine rings is 1. The van der Waals surface area contributed by atoms with Crippen LogP contribution in [0, 0.1) is 5.82 Å². The summed E-state index contributed by atoms with van der Waals surface area (Å²) in [6.45, 7) is 6.65. The number of methoxy groups -OCH3 is 1. The van der Waals surface area contributed by atoms with Crippen molar-refractivity contribution < 1.29 is 18.7 Å². The van der Waals surface area contributed by atoms with Crippen LogP contribution in [0.4, 0.5) is 9.52 Å². The summed E-state index contributed by atoms with van der Waals surface area (Å²) in [7, 11) is 1.42. The van der Waals surface area contributed by atoms with Gasteiger partial charge in [-0.3, -0.25) is 9.69 Å². The molecule has 3 rings (SSSR count). The number of halogens is 1. The average molecular weight is 408 g/mol. The van der Waals surface area contributed by atoms with Gasteiger partial charge in [-0.1, -0.05) is 6.07 Å². The highest BCUT2D eigenvalue weighted by Crippen LogP contribution is 2.21. The number of anilines is 1. The van der Waals surface area contributed by atoms with Gasteiger partial charge in [0.2, 0.25) is 5.91 Å². The van der Waals surface area contributed by atoms with E-state index in [2.05, 4.69) is 29.0 Å². The lowest BCUT2D eigenvalue weighted by molar-refractivity contribution is -0.116. The first kappa shape index (κ1) is 20.7. The zero-order chi connectivity index (χ0) is 20.1. The summed E-state index contributed by atoms with van der Waals surface area (Å²) in [5.74, 6) is -0.352. The van der Waals surface area contributed by atoms with E-state index < -0.39 is 5.82 Å². The molecule has 2 heterocycles. The first-order valence-electron chi connectivity index (χ1n) is 9.37. The van der Waals surface area contributed by atoms with E-state index in [1.54, 1.807) is 12.1 Å². The standard InChI is InChI=1S/C20H26FN3O3S/c1-13-9-24(10-14(2)27-13)11-16-12-28-20(22-16)23-19(25)7-5-15-4-6-18(26-3)17(21)8-15/h4,6,8,12-14H,5,7,9-11H2,1-3H3,(H,22,23,25). The molecule has 1 fully saturated rings. The molecule has 2 aromatic rings. The van der Waals surface area contributed by atoms with Crippen LogP contribution >= 0.6 is 11.3 Å². The van der Waals surface area contributed by atoms with Crippen LogP contribution in [0.2, 0.25) is 0 Å². The number of nitrogens with one attached hydrogen (secondary N) is 1. The molecule has 28 heavy (non-hydrogen) atoms. The summed E-state index contributed by atoms with van der Waals surface area (Å²) in [5.41, 5.74) is 1.70. The monoisotopic (exact) mass is 407 g/mol. The summed E-state index contributed by atoms with van der Waals surface area (Å²) in [6, 6.07) is 4.74. The molecule has 1 amide bonds. The van der Waals surface area contributed by atoms with Crippen molar-refractivity contribution in [3.05, 3.63) is 40.7 Å². The fourth-order valence-electron chi connectivity index (χ4n) is 3.38. The van der Waals surface area contributed by atoms with Gasteiger partial charge in [-0.2, -0.15) is 0 Å². The summed E-state index contributed by atoms with van der Waals surface area (Å²) in [4.78, 5) is 19.0. The van der Waals surface area contributed by atoms with Gasteiger partial charge in [-0.25, -0.2) is 9.37 Å². The van der Waals surface area contributed by atoms with Gasteiger partial charge in [0.05, 0.1) is 25.0 Å². The van der Waals surface area contributed by atoms with Crippen molar-refractivity contribution in [3.63, 3.8) is 0 Å². The predicted molar refractivity (Wildman–Crippen MR) is 107 cm³/mol. The van der Waals surface area contributed by atoms with Crippen molar-refractivity contribution in [2.45, 2.75) is 45.4 Å². The molecular formula is C20H26FN3O3S. The molecule has 6 nitrogen and oxygen atoms in total. The maximum atomic E-state index is 13.7. The van der Waals surface area contributed by atoms with E-state index in [0.29, 0.717) is 11.6 Å². The Labute approximate surface area is 168 Å². The van der Waals surface area contributed by atoms with Crippen molar-refractivity contribution in [2.75, 3.05) is 25.5 Å². The first-order chi connectivity index (χ1) is 13.4. The minimum atomic E-state index is -0.420. The number of aryl methyl sites for hydroxylation is 1. The highest BCUT2D eigenvalue weighted by atomic mass is 32.1. The van der Waals surface area contributed by atoms with Crippen molar-refractivity contribution in [1.82, 2.24) is 9.88 Å². The second-order valence-corrected chi connectivity index (χ2v) is 7.97. The topological polar surface area (TPSA) is 63.7 Å². The van der Waals surface area contributed by atoms with Crippen molar-refractivity contribution in [1.29, 1.82) is 0 Å². The Hall–Kier alpha value is -2.03. The molecule has 152 valence electrons. The second-order valence-electron chi connectivity index (χ2n) is 7.11. The summed E-state index contributed by atoms with van der Waals surface area (Å²) < 4.78 is 24.4. The van der Waals surface area contributed by atoms with E-state index in [0.717, 1.165) is 30.9 Å². The van der Waals surface area contributed by atoms with E-state index in [1.807, 2.05) is 5.38 Å². The SMILES string of the molecule is COc1ccc(CCC(=O)Nc2nc(CN3CC(C)OC(C)C3)cs2)cc1F. The summed E-state index contributed by atoms with van der Waals surface area (Å²) >= 11 is 1.42. The molecule has 0 saturated carbocycles. The number of ether oxygens (including phenoxy) is 2. The van der Waals surface area contributed by atoms with Crippen LogP contribution in [-0.4, -0.2) is 48.2 Å². The number of nitrogens with zero attached hydrogens (tertiary/aromatic N) is 2. The van der Waals surface area contributed by atoms with Crippen LogP contribution in [0.1, 0.15) is 31.5 Å². The molecule has 0 bridgehead atoms. The van der Waals surface area contributed by atoms with Crippen molar-refractivity contribution >= 4 is 22.4 Å². The molecule has 1 aromatic heterocycles. The molecule has 1 aromatic carbocycles. The minimum Gasteiger partial charge on any atom is -0.494 e. The number of amides is 1. The molecule has 1 N–H and O–H groups in total. The van der Waals surface area contributed by atoms with Gasteiger partial charge in [0.15, 0.2) is 16.7 Å². The number of hydrogen-bond donors (Lipinski definition) is 1. The highest BCUT2D eigenvalue weighted by molar-refractivity contribution is 7.13. The van der Waals surface area contributed by atoms with Crippen LogP contribution in [0.5, 0.6) is 5.75 Å². The van der Waals surface area contributed by atoms with Gasteiger partial charge in [0.1, 0.15) is 0 Å². The smallest absolute Gasteiger partial charge is 0.226 e. The lowest BCUT2D eigenvalue weighted by Crippen LogP contribution is -2.44. The number of thiazole rings is 1. The van der Waals surface area contributed by atoms with Gasteiger partial charge < -0.3 is 14.8 Å². The Morgan fingerprint density at radius 1 is 1.39 bits per heavy atom. The van der Waals surface area contributed by atoms with Crippen LogP contribution in [0.3, 0.4) is 0 Å². The number of aromatic nitrogens is 1. The Balaban J connectivity index is 1.48. The molecule has 0 spiro atoms. The molecule has 2 unspecified atom stereocenters. The van der Waals surface area contributed by atoms with Gasteiger partial charge in [-0.05, 0) is 38.0 Å². The largest absolute Gasteiger partial charge is 0.494 e. The van der Waals surface area contributed by atoms with Gasteiger partial charge in [0, 0.05) is 31.4 Å². The summed E-state index contributed by atoms with van der Waals surface area (Å²) in [5, 5.41) is 5.40. The van der Waals surface area contributed by atoms with Crippen LogP contribution in [-0.2, 0) is 22.5 Å². The number of benzene rings is 1. The van der Waals surface area contributed by atoms with Crippen molar-refractivity contribution in [3.8, 4) is 5.75 Å². The number of carbonyl (C=O) groups is 1. The number of carbonyl (C=O) groups excluding carboxylic acids is 1. The third-order valence-corrected chi connectivity index (χ3v) is 5.34. The van der Waals surface area contributed by atoms with Crippen LogP contribution in [0.25, 0.3) is 0 Å². The normalized spacial score (nSPS) is 20.1. The Bertz CT molecular complexity index is 804. The Kier molecular flexibility index (Phi) is 6.98. The van der Waals surface area contributed by atoms with E-state index in [1.165, 1.54) is 24.5 Å². The Morgan fingerprint density at radius 3 is 2.82 bits per heavy atom. The molecule has 1 saturated heterocycles. The van der Waals surface area contributed by atoms with E-state index in [4.69, 9.17) is 9.47 Å². The predicted octanol–water partition coefficient (Wildman–Crippen LogP) is 3.47. The number of rotatable bonds is 7. The average Bonchev–Trinajstić information content (AvgIpc) is 3.06. The molecule has 2 atom stereocenters.